The van der Waals surface area contributed by atoms with E-state index in [1.807, 2.05) is 149 Å². The summed E-state index contributed by atoms with van der Waals surface area (Å²) in [5.74, 6) is -1.13. The van der Waals surface area contributed by atoms with Crippen molar-refractivity contribution in [2.45, 2.75) is 153 Å². The molecule has 3 fully saturated rings. The van der Waals surface area contributed by atoms with Crippen LogP contribution in [0.1, 0.15) is 62.8 Å². The Morgan fingerprint density at radius 2 is 0.956 bits per heavy atom. The van der Waals surface area contributed by atoms with Crippen LogP contribution in [0.3, 0.4) is 0 Å². The fourth-order valence-electron chi connectivity index (χ4n) is 9.22. The van der Waals surface area contributed by atoms with Crippen molar-refractivity contribution in [1.29, 1.82) is 0 Å². The number of hydrogen-bond donors (Lipinski definition) is 0. The van der Waals surface area contributed by atoms with E-state index in [1.54, 1.807) is 0 Å². The molecular weight excluding hydrogens is 873 g/mol. The Bertz CT molecular complexity index is 2240. The number of methoxy groups -OCH3 is 1. The fourth-order valence-corrected chi connectivity index (χ4v) is 9.22. The number of rotatable bonds is 21. The van der Waals surface area contributed by atoms with Gasteiger partial charge in [-0.25, -0.2) is 4.79 Å². The lowest BCUT2D eigenvalue weighted by Gasteiger charge is -2.50. The Morgan fingerprint density at radius 1 is 0.529 bits per heavy atom. The van der Waals surface area contributed by atoms with Gasteiger partial charge in [0.15, 0.2) is 18.7 Å². The Labute approximate surface area is 397 Å². The molecule has 68 heavy (non-hydrogen) atoms. The van der Waals surface area contributed by atoms with Crippen LogP contribution in [0.5, 0.6) is 0 Å². The third-order valence-electron chi connectivity index (χ3n) is 12.7. The quantitative estimate of drug-likeness (QED) is 0.0333. The first-order valence-corrected chi connectivity index (χ1v) is 23.3. The van der Waals surface area contributed by atoms with Crippen LogP contribution in [0.15, 0.2) is 132 Å². The van der Waals surface area contributed by atoms with E-state index < -0.39 is 85.6 Å². The van der Waals surface area contributed by atoms with E-state index >= 15 is 0 Å². The van der Waals surface area contributed by atoms with E-state index in [0.29, 0.717) is 12.8 Å². The highest BCUT2D eigenvalue weighted by Gasteiger charge is 2.57. The number of carbonyl (C=O) groups is 1. The number of hydrogen-bond acceptors (Lipinski definition) is 13. The van der Waals surface area contributed by atoms with Crippen molar-refractivity contribution in [3.63, 3.8) is 0 Å². The van der Waals surface area contributed by atoms with E-state index in [2.05, 4.69) is 20.1 Å². The summed E-state index contributed by atoms with van der Waals surface area (Å²) in [4.78, 5) is 20.6. The van der Waals surface area contributed by atoms with E-state index in [1.165, 1.54) is 7.11 Å². The summed E-state index contributed by atoms with van der Waals surface area (Å²) in [5, 5.41) is 8.36. The summed E-state index contributed by atoms with van der Waals surface area (Å²) < 4.78 is 66.3. The van der Waals surface area contributed by atoms with Crippen LogP contribution in [0.4, 0.5) is 0 Å². The molecule has 362 valence electrons. The fraction of sp³-hybridized carbons (Fsp3) is 0.510. The van der Waals surface area contributed by atoms with Gasteiger partial charge in [-0.15, -0.1) is 0 Å². The number of ether oxygens (including phenoxy) is 10. The number of benzene rings is 4. The molecule has 4 aromatic carbocycles. The van der Waals surface area contributed by atoms with Gasteiger partial charge < -0.3 is 47.4 Å². The van der Waals surface area contributed by atoms with Gasteiger partial charge in [0.05, 0.1) is 64.0 Å². The minimum Gasteiger partial charge on any atom is -0.467 e. The van der Waals surface area contributed by atoms with Gasteiger partial charge >= 0.3 is 5.97 Å². The van der Waals surface area contributed by atoms with Gasteiger partial charge in [0.1, 0.15) is 36.6 Å². The van der Waals surface area contributed by atoms with Crippen molar-refractivity contribution in [1.82, 2.24) is 0 Å². The molecule has 17 heteroatoms. The lowest BCUT2D eigenvalue weighted by Crippen LogP contribution is -2.67. The minimum absolute atomic E-state index is 0.0648. The van der Waals surface area contributed by atoms with Crippen LogP contribution in [0.2, 0.25) is 0 Å². The number of azide groups is 2. The van der Waals surface area contributed by atoms with Crippen molar-refractivity contribution in [2.24, 2.45) is 16.1 Å². The molecule has 3 saturated heterocycles. The smallest absolute Gasteiger partial charge is 0.337 e. The van der Waals surface area contributed by atoms with Crippen molar-refractivity contribution in [3.8, 4) is 0 Å². The molecule has 3 aliphatic heterocycles. The third-order valence-corrected chi connectivity index (χ3v) is 12.7. The molecule has 0 spiro atoms. The molecular formula is C51H62N6O11. The molecule has 0 amide bonds. The standard InChI is InChI=1S/C51H62N6O11/c1-6-38-42(32(3)40(54-56-52)33(4)64-38)66-51-48(63-31-37-26-18-11-19-27-37)45(62-30-36-24-16-10-17-25-36)46(47(68-51)49(58)59-5)67-50-41(55-57-53)44(61-29-35-22-14-9-15-23-35)43(39(7-2)65-50)60-28-34-20-12-8-13-21-34/h8-27,32-33,38-48,50-51H,6-7,28-31H2,1-5H3/t32?,33-,38?,39?,40+,41?,42+,43-,44+,45-,46+,47?,48?,50-,51+/m0/s1. The topological polar surface area (TPSA) is 207 Å². The van der Waals surface area contributed by atoms with Crippen molar-refractivity contribution < 1.29 is 52.2 Å². The van der Waals surface area contributed by atoms with Gasteiger partial charge in [-0.2, -0.15) is 0 Å². The van der Waals surface area contributed by atoms with E-state index in [0.717, 1.165) is 22.3 Å². The molecule has 4 aromatic rings. The number of carbonyl (C=O) groups excluding carboxylic acids is 1. The van der Waals surface area contributed by atoms with Crippen molar-refractivity contribution >= 4 is 5.97 Å². The molecule has 3 aliphatic rings. The zero-order chi connectivity index (χ0) is 47.8. The lowest BCUT2D eigenvalue weighted by atomic mass is 9.85. The summed E-state index contributed by atoms with van der Waals surface area (Å²) >= 11 is 0. The summed E-state index contributed by atoms with van der Waals surface area (Å²) in [5.41, 5.74) is 23.2. The predicted octanol–water partition coefficient (Wildman–Crippen LogP) is 9.32. The Morgan fingerprint density at radius 3 is 1.43 bits per heavy atom. The Kier molecular flexibility index (Phi) is 18.8. The molecule has 3 heterocycles. The van der Waals surface area contributed by atoms with Crippen LogP contribution >= 0.6 is 0 Å². The second kappa shape index (κ2) is 25.3. The lowest BCUT2D eigenvalue weighted by molar-refractivity contribution is -0.364. The summed E-state index contributed by atoms with van der Waals surface area (Å²) in [7, 11) is 1.25. The van der Waals surface area contributed by atoms with Gasteiger partial charge in [-0.1, -0.05) is 152 Å². The maximum Gasteiger partial charge on any atom is 0.337 e. The highest BCUT2D eigenvalue weighted by Crippen LogP contribution is 2.40. The number of nitrogens with zero attached hydrogens (tertiary/aromatic N) is 6. The maximum absolute atomic E-state index is 14.2. The molecule has 6 unspecified atom stereocenters. The average molecular weight is 935 g/mol. The second-order valence-corrected chi connectivity index (χ2v) is 17.2. The van der Waals surface area contributed by atoms with E-state index in [4.69, 9.17) is 47.4 Å². The molecule has 0 aliphatic carbocycles. The van der Waals surface area contributed by atoms with Crippen LogP contribution in [-0.4, -0.2) is 98.8 Å². The molecule has 0 bridgehead atoms. The van der Waals surface area contributed by atoms with Gasteiger partial charge in [0, 0.05) is 9.82 Å². The monoisotopic (exact) mass is 934 g/mol. The predicted molar refractivity (Wildman–Crippen MR) is 249 cm³/mol. The Balaban J connectivity index is 1.29. The molecule has 0 radical (unpaired) electrons. The van der Waals surface area contributed by atoms with Gasteiger partial charge in [-0.3, -0.25) is 0 Å². The van der Waals surface area contributed by atoms with Gasteiger partial charge in [0.25, 0.3) is 0 Å². The molecule has 0 N–H and O–H groups in total. The Hall–Kier alpha value is -5.39. The van der Waals surface area contributed by atoms with Gasteiger partial charge in [-0.05, 0) is 59.0 Å². The summed E-state index contributed by atoms with van der Waals surface area (Å²) in [6.45, 7) is 8.30. The molecule has 0 aromatic heterocycles. The van der Waals surface area contributed by atoms with Crippen LogP contribution in [-0.2, 0) is 78.6 Å². The maximum atomic E-state index is 14.2. The summed E-state index contributed by atoms with van der Waals surface area (Å²) in [6.07, 6.45) is -10.4. The first-order chi connectivity index (χ1) is 33.3. The van der Waals surface area contributed by atoms with E-state index in [9.17, 15) is 15.9 Å². The highest BCUT2D eigenvalue weighted by molar-refractivity contribution is 5.75. The van der Waals surface area contributed by atoms with Crippen LogP contribution < -0.4 is 0 Å². The van der Waals surface area contributed by atoms with Gasteiger partial charge in [0.2, 0.25) is 0 Å². The third kappa shape index (κ3) is 12.6. The zero-order valence-electron chi connectivity index (χ0n) is 39.1. The first kappa shape index (κ1) is 50.5. The zero-order valence-corrected chi connectivity index (χ0v) is 39.1. The van der Waals surface area contributed by atoms with Crippen molar-refractivity contribution in [3.05, 3.63) is 164 Å². The number of esters is 1. The normalized spacial score (nSPS) is 31.5. The summed E-state index contributed by atoms with van der Waals surface area (Å²) in [6, 6.07) is 36.8. The molecule has 17 nitrogen and oxygen atoms in total. The first-order valence-electron chi connectivity index (χ1n) is 23.3. The van der Waals surface area contributed by atoms with E-state index in [-0.39, 0.29) is 38.4 Å². The van der Waals surface area contributed by atoms with Crippen LogP contribution in [0, 0.1) is 5.92 Å². The largest absolute Gasteiger partial charge is 0.467 e. The average Bonchev–Trinajstić information content (AvgIpc) is 3.38. The van der Waals surface area contributed by atoms with Crippen LogP contribution in [0.25, 0.3) is 20.9 Å². The van der Waals surface area contributed by atoms with Crippen molar-refractivity contribution in [2.75, 3.05) is 7.11 Å². The highest BCUT2D eigenvalue weighted by atomic mass is 16.8. The molecule has 15 atom stereocenters. The second-order valence-electron chi connectivity index (χ2n) is 17.2. The molecule has 0 saturated carbocycles. The molecule has 7 rings (SSSR count). The minimum atomic E-state index is -1.50. The SMILES string of the molecule is CCC1O[C@@H](C)[C@H](N=[N+]=[N-])C(C)[C@H]1O[C@@H]1OC(C(=O)OC)[C@H](O[C@@H]2OC(CC)[C@H](OCc3ccccc3)[C@H](OCc3ccccc3)C2N=[N+]=[N-])[C@H](OCc2ccccc2)C1OCc1ccccc1.